The molecule has 0 unspecified atom stereocenters. The molecular formula is C24H18F2N4O3S. The van der Waals surface area contributed by atoms with E-state index >= 15 is 0 Å². The number of halogens is 2. The minimum atomic E-state index is -0.516. The first-order valence-electron chi connectivity index (χ1n) is 10.3. The number of carbonyl (C=O) groups excluding carboxylic acids is 2. The molecule has 1 amide bonds. The van der Waals surface area contributed by atoms with E-state index in [1.165, 1.54) is 70.6 Å². The molecule has 4 rings (SSSR count). The lowest BCUT2D eigenvalue weighted by atomic mass is 10.1. The van der Waals surface area contributed by atoms with Crippen LogP contribution < -0.4 is 10.9 Å². The van der Waals surface area contributed by atoms with Crippen molar-refractivity contribution in [2.75, 3.05) is 5.32 Å². The summed E-state index contributed by atoms with van der Waals surface area (Å²) in [5, 5.41) is 4.52. The lowest BCUT2D eigenvalue weighted by Gasteiger charge is -2.13. The van der Waals surface area contributed by atoms with Crippen molar-refractivity contribution in [3.8, 4) is 11.4 Å². The summed E-state index contributed by atoms with van der Waals surface area (Å²) < 4.78 is 27.9. The van der Waals surface area contributed by atoms with Crippen molar-refractivity contribution in [2.45, 2.75) is 19.9 Å². The van der Waals surface area contributed by atoms with E-state index in [2.05, 4.69) is 15.3 Å². The molecule has 2 aromatic carbocycles. The van der Waals surface area contributed by atoms with Gasteiger partial charge in [0.1, 0.15) is 33.8 Å². The Bertz CT molecular complexity index is 1410. The Morgan fingerprint density at radius 2 is 1.68 bits per heavy atom. The van der Waals surface area contributed by atoms with Gasteiger partial charge in [0.05, 0.1) is 12.7 Å². The molecule has 34 heavy (non-hydrogen) atoms. The topological polar surface area (TPSA) is 93.9 Å². The Morgan fingerprint density at radius 1 is 1.03 bits per heavy atom. The van der Waals surface area contributed by atoms with Gasteiger partial charge in [-0.05, 0) is 48.5 Å². The fourth-order valence-corrected chi connectivity index (χ4v) is 3.93. The van der Waals surface area contributed by atoms with E-state index in [-0.39, 0.29) is 47.4 Å². The van der Waals surface area contributed by atoms with Crippen LogP contribution in [-0.4, -0.2) is 26.2 Å². The Hall–Kier alpha value is -4.05. The Morgan fingerprint density at radius 3 is 2.32 bits per heavy atom. The van der Waals surface area contributed by atoms with Crippen LogP contribution in [0.25, 0.3) is 11.4 Å². The van der Waals surface area contributed by atoms with E-state index in [1.54, 1.807) is 12.3 Å². The molecule has 172 valence electrons. The first kappa shape index (κ1) is 23.1. The number of thiazole rings is 1. The second-order valence-electron chi connectivity index (χ2n) is 7.26. The van der Waals surface area contributed by atoms with Gasteiger partial charge in [-0.2, -0.15) is 0 Å². The summed E-state index contributed by atoms with van der Waals surface area (Å²) in [5.74, 6) is -1.36. The predicted molar refractivity (Wildman–Crippen MR) is 124 cm³/mol. The summed E-state index contributed by atoms with van der Waals surface area (Å²) in [6.07, 6.45) is 1.44. The second kappa shape index (κ2) is 9.84. The number of amides is 1. The minimum Gasteiger partial charge on any atom is -0.320 e. The average molecular weight is 480 g/mol. The molecule has 0 radical (unpaired) electrons. The standard InChI is InChI=1S/C24H18F2N4O3S/c1-2-20(31)28-18-11-27-23(15-5-9-17(26)10-6-15)30(24(18)33)12-21-29-19(13-34-21)22(32)14-3-7-16(25)8-4-14/h3-11,13H,2,12H2,1H3,(H,28,31). The summed E-state index contributed by atoms with van der Waals surface area (Å²) in [5.41, 5.74) is 0.417. The maximum absolute atomic E-state index is 13.4. The van der Waals surface area contributed by atoms with Gasteiger partial charge in [0.2, 0.25) is 11.7 Å². The van der Waals surface area contributed by atoms with Crippen molar-refractivity contribution < 1.29 is 18.4 Å². The molecule has 0 aliphatic carbocycles. The number of nitrogens with one attached hydrogen (secondary N) is 1. The molecule has 0 atom stereocenters. The number of benzene rings is 2. The SMILES string of the molecule is CCC(=O)Nc1cnc(-c2ccc(F)cc2)n(Cc2nc(C(=O)c3ccc(F)cc3)cs2)c1=O. The molecule has 10 heteroatoms. The lowest BCUT2D eigenvalue weighted by Crippen LogP contribution is -2.28. The minimum absolute atomic E-state index is 0.00289. The zero-order valence-electron chi connectivity index (χ0n) is 17.9. The Balaban J connectivity index is 1.71. The molecule has 2 aromatic heterocycles. The fraction of sp³-hybridized carbons (Fsp3) is 0.125. The number of aromatic nitrogens is 3. The zero-order chi connectivity index (χ0) is 24.2. The number of ketones is 1. The third-order valence-corrected chi connectivity index (χ3v) is 5.76. The highest BCUT2D eigenvalue weighted by atomic mass is 32.1. The molecule has 7 nitrogen and oxygen atoms in total. The molecule has 0 fully saturated rings. The van der Waals surface area contributed by atoms with Crippen LogP contribution in [0.15, 0.2) is 64.9 Å². The summed E-state index contributed by atoms with van der Waals surface area (Å²) >= 11 is 1.17. The number of hydrogen-bond acceptors (Lipinski definition) is 6. The Labute approximate surface area is 196 Å². The van der Waals surface area contributed by atoms with Gasteiger partial charge in [0.25, 0.3) is 5.56 Å². The van der Waals surface area contributed by atoms with Gasteiger partial charge in [-0.15, -0.1) is 11.3 Å². The van der Waals surface area contributed by atoms with Crippen molar-refractivity contribution in [3.05, 3.63) is 98.4 Å². The first-order valence-corrected chi connectivity index (χ1v) is 11.1. The van der Waals surface area contributed by atoms with Crippen LogP contribution >= 0.6 is 11.3 Å². The summed E-state index contributed by atoms with van der Waals surface area (Å²) in [7, 11) is 0. The highest BCUT2D eigenvalue weighted by Crippen LogP contribution is 2.21. The molecular weight excluding hydrogens is 462 g/mol. The van der Waals surface area contributed by atoms with E-state index in [0.29, 0.717) is 10.6 Å². The highest BCUT2D eigenvalue weighted by molar-refractivity contribution is 7.09. The maximum atomic E-state index is 13.4. The summed E-state index contributed by atoms with van der Waals surface area (Å²) in [6.45, 7) is 1.62. The second-order valence-corrected chi connectivity index (χ2v) is 8.20. The van der Waals surface area contributed by atoms with Crippen LogP contribution in [0.4, 0.5) is 14.5 Å². The lowest BCUT2D eigenvalue weighted by molar-refractivity contribution is -0.115. The molecule has 1 N–H and O–H groups in total. The van der Waals surface area contributed by atoms with Gasteiger partial charge >= 0.3 is 0 Å². The molecule has 0 spiro atoms. The first-order chi connectivity index (χ1) is 16.4. The number of nitrogens with zero attached hydrogens (tertiary/aromatic N) is 3. The van der Waals surface area contributed by atoms with E-state index in [4.69, 9.17) is 0 Å². The summed E-state index contributed by atoms with van der Waals surface area (Å²) in [4.78, 5) is 46.4. The van der Waals surface area contributed by atoms with Crippen LogP contribution in [0.5, 0.6) is 0 Å². The van der Waals surface area contributed by atoms with Crippen molar-refractivity contribution >= 4 is 28.7 Å². The molecule has 0 bridgehead atoms. The van der Waals surface area contributed by atoms with Gasteiger partial charge in [0, 0.05) is 22.9 Å². The summed E-state index contributed by atoms with van der Waals surface area (Å²) in [6, 6.07) is 10.6. The molecule has 0 aliphatic rings. The monoisotopic (exact) mass is 480 g/mol. The average Bonchev–Trinajstić information content (AvgIpc) is 3.31. The van der Waals surface area contributed by atoms with Gasteiger partial charge < -0.3 is 5.32 Å². The molecule has 2 heterocycles. The van der Waals surface area contributed by atoms with Crippen LogP contribution in [0, 0.1) is 11.6 Å². The smallest absolute Gasteiger partial charge is 0.277 e. The van der Waals surface area contributed by atoms with Crippen molar-refractivity contribution in [1.29, 1.82) is 0 Å². The van der Waals surface area contributed by atoms with E-state index in [1.807, 2.05) is 0 Å². The number of anilines is 1. The van der Waals surface area contributed by atoms with Gasteiger partial charge in [-0.3, -0.25) is 19.0 Å². The molecule has 0 saturated carbocycles. The largest absolute Gasteiger partial charge is 0.320 e. The zero-order valence-corrected chi connectivity index (χ0v) is 18.7. The molecule has 0 saturated heterocycles. The van der Waals surface area contributed by atoms with Crippen molar-refractivity contribution in [2.24, 2.45) is 0 Å². The molecule has 0 aliphatic heterocycles. The van der Waals surface area contributed by atoms with Crippen LogP contribution in [-0.2, 0) is 11.3 Å². The van der Waals surface area contributed by atoms with Crippen LogP contribution in [0.2, 0.25) is 0 Å². The maximum Gasteiger partial charge on any atom is 0.277 e. The molecule has 4 aromatic rings. The number of carbonyl (C=O) groups is 2. The van der Waals surface area contributed by atoms with Gasteiger partial charge in [-0.1, -0.05) is 6.92 Å². The quantitative estimate of drug-likeness (QED) is 0.399. The van der Waals surface area contributed by atoms with E-state index in [9.17, 15) is 23.2 Å². The van der Waals surface area contributed by atoms with Gasteiger partial charge in [0.15, 0.2) is 0 Å². The van der Waals surface area contributed by atoms with Crippen molar-refractivity contribution in [1.82, 2.24) is 14.5 Å². The number of rotatable bonds is 7. The van der Waals surface area contributed by atoms with Crippen LogP contribution in [0.1, 0.15) is 34.4 Å². The number of hydrogen-bond donors (Lipinski definition) is 1. The predicted octanol–water partition coefficient (Wildman–Crippen LogP) is 4.27. The normalized spacial score (nSPS) is 10.8. The Kier molecular flexibility index (Phi) is 6.69. The fourth-order valence-electron chi connectivity index (χ4n) is 3.16. The third-order valence-electron chi connectivity index (χ3n) is 4.93. The highest BCUT2D eigenvalue weighted by Gasteiger charge is 2.18. The van der Waals surface area contributed by atoms with E-state index in [0.717, 1.165) is 0 Å². The third kappa shape index (κ3) is 4.96. The van der Waals surface area contributed by atoms with Gasteiger partial charge in [-0.25, -0.2) is 18.7 Å². The van der Waals surface area contributed by atoms with E-state index < -0.39 is 17.2 Å². The van der Waals surface area contributed by atoms with Crippen molar-refractivity contribution in [3.63, 3.8) is 0 Å². The van der Waals surface area contributed by atoms with Crippen LogP contribution in [0.3, 0.4) is 0 Å².